The smallest absolute Gasteiger partial charge is 0.253 e. The second-order valence-corrected chi connectivity index (χ2v) is 12.2. The van der Waals surface area contributed by atoms with Gasteiger partial charge in [-0.2, -0.15) is 0 Å². The lowest BCUT2D eigenvalue weighted by Crippen LogP contribution is -2.33. The van der Waals surface area contributed by atoms with E-state index in [-0.39, 0.29) is 28.9 Å². The van der Waals surface area contributed by atoms with Gasteiger partial charge in [0.1, 0.15) is 5.82 Å². The number of fused-ring (bicyclic) bond motifs is 3. The number of anilines is 1. The van der Waals surface area contributed by atoms with Crippen LogP contribution in [0, 0.1) is 11.2 Å². The maximum atomic E-state index is 15.6. The van der Waals surface area contributed by atoms with Crippen LogP contribution in [0.2, 0.25) is 0 Å². The van der Waals surface area contributed by atoms with Crippen LogP contribution in [0.3, 0.4) is 0 Å². The van der Waals surface area contributed by atoms with Gasteiger partial charge in [0, 0.05) is 35.8 Å². The van der Waals surface area contributed by atoms with Crippen molar-refractivity contribution in [3.8, 4) is 5.69 Å². The van der Waals surface area contributed by atoms with Crippen LogP contribution in [0.25, 0.3) is 5.69 Å². The SMILES string of the molecule is CCN(CC)CCOC1CCC(Nc2cc(-n3c4c(c5c3CC(C)(C)CC5=O)COC4)cc(F)c2C(N)=O)CC1. The van der Waals surface area contributed by atoms with Gasteiger partial charge >= 0.3 is 0 Å². The topological polar surface area (TPSA) is 98.8 Å². The molecular formula is C31H43FN4O4. The van der Waals surface area contributed by atoms with Gasteiger partial charge in [-0.1, -0.05) is 27.7 Å². The number of nitrogens with two attached hydrogens (primary N) is 1. The molecule has 1 amide bonds. The number of nitrogens with zero attached hydrogens (tertiary/aromatic N) is 2. The maximum absolute atomic E-state index is 15.6. The molecule has 0 spiro atoms. The number of ether oxygens (including phenoxy) is 2. The van der Waals surface area contributed by atoms with Crippen LogP contribution < -0.4 is 11.1 Å². The zero-order chi connectivity index (χ0) is 28.6. The molecule has 1 aliphatic heterocycles. The molecule has 0 radical (unpaired) electrons. The molecule has 0 saturated heterocycles. The number of hydrogen-bond acceptors (Lipinski definition) is 6. The van der Waals surface area contributed by atoms with Crippen molar-refractivity contribution in [2.45, 2.75) is 91.6 Å². The number of benzene rings is 1. The standard InChI is InChI=1S/C31H43FN4O4/c1-5-35(6-2)11-12-40-21-9-7-19(8-10-21)34-24-14-20(13-23(32)29(24)30(33)38)36-25-15-31(3,4)16-27(37)28(25)22-17-39-18-26(22)36/h13-14,19,21,34H,5-12,15-18H2,1-4H3,(H2,33,38). The summed E-state index contributed by atoms with van der Waals surface area (Å²) in [6, 6.07) is 3.24. The Kier molecular flexibility index (Phi) is 8.36. The number of carbonyl (C=O) groups is 2. The van der Waals surface area contributed by atoms with E-state index in [0.29, 0.717) is 37.4 Å². The van der Waals surface area contributed by atoms with E-state index in [1.807, 2.05) is 4.57 Å². The number of ketones is 1. The molecule has 1 aromatic carbocycles. The Hall–Kier alpha value is -2.75. The number of primary amides is 1. The van der Waals surface area contributed by atoms with Crippen molar-refractivity contribution in [2.24, 2.45) is 11.1 Å². The van der Waals surface area contributed by atoms with E-state index in [2.05, 4.69) is 37.9 Å². The van der Waals surface area contributed by atoms with Crippen LogP contribution in [-0.2, 0) is 29.1 Å². The highest BCUT2D eigenvalue weighted by atomic mass is 19.1. The molecule has 1 fully saturated rings. The lowest BCUT2D eigenvalue weighted by molar-refractivity contribution is 0.0156. The number of carbonyl (C=O) groups excluding carboxylic acids is 2. The van der Waals surface area contributed by atoms with Gasteiger partial charge in [0.05, 0.1) is 48.6 Å². The van der Waals surface area contributed by atoms with Crippen LogP contribution in [-0.4, -0.2) is 59.5 Å². The van der Waals surface area contributed by atoms with E-state index >= 15 is 4.39 Å². The Balaban J connectivity index is 1.39. The van der Waals surface area contributed by atoms with Crippen LogP contribution in [0.15, 0.2) is 12.1 Å². The molecule has 9 heteroatoms. The normalized spacial score (nSPS) is 21.9. The zero-order valence-corrected chi connectivity index (χ0v) is 24.3. The van der Waals surface area contributed by atoms with Crippen molar-refractivity contribution in [1.82, 2.24) is 9.47 Å². The Morgan fingerprint density at radius 3 is 2.55 bits per heavy atom. The summed E-state index contributed by atoms with van der Waals surface area (Å²) in [4.78, 5) is 27.9. The third kappa shape index (κ3) is 5.69. The number of Topliss-reactive ketones (excluding diaryl/α,β-unsaturated/α-hetero) is 1. The van der Waals surface area contributed by atoms with Gasteiger partial charge in [0.2, 0.25) is 0 Å². The fourth-order valence-electron chi connectivity index (χ4n) is 6.70. The lowest BCUT2D eigenvalue weighted by atomic mass is 9.75. The first-order chi connectivity index (χ1) is 19.1. The molecule has 40 heavy (non-hydrogen) atoms. The summed E-state index contributed by atoms with van der Waals surface area (Å²) in [7, 11) is 0. The molecule has 1 aromatic heterocycles. The average molecular weight is 555 g/mol. The molecule has 2 aromatic rings. The predicted molar refractivity (Wildman–Crippen MR) is 153 cm³/mol. The third-order valence-corrected chi connectivity index (χ3v) is 8.80. The molecule has 3 aliphatic rings. The highest BCUT2D eigenvalue weighted by molar-refractivity contribution is 6.01. The number of amides is 1. The van der Waals surface area contributed by atoms with Gasteiger partial charge < -0.3 is 30.0 Å². The number of halogens is 1. The quantitative estimate of drug-likeness (QED) is 0.430. The van der Waals surface area contributed by atoms with Gasteiger partial charge in [0.15, 0.2) is 5.78 Å². The van der Waals surface area contributed by atoms with Crippen molar-refractivity contribution in [2.75, 3.05) is 31.6 Å². The number of nitrogens with one attached hydrogen (secondary N) is 1. The highest BCUT2D eigenvalue weighted by Crippen LogP contribution is 2.43. The minimum absolute atomic E-state index is 0.0727. The Labute approximate surface area is 236 Å². The summed E-state index contributed by atoms with van der Waals surface area (Å²) >= 11 is 0. The summed E-state index contributed by atoms with van der Waals surface area (Å²) in [5.41, 5.74) is 9.70. The fraction of sp³-hybridized carbons (Fsp3) is 0.613. The van der Waals surface area contributed by atoms with Crippen molar-refractivity contribution in [3.05, 3.63) is 46.0 Å². The first kappa shape index (κ1) is 28.8. The second-order valence-electron chi connectivity index (χ2n) is 12.2. The van der Waals surface area contributed by atoms with Crippen LogP contribution in [0.1, 0.15) is 97.5 Å². The average Bonchev–Trinajstić information content (AvgIpc) is 3.46. The highest BCUT2D eigenvalue weighted by Gasteiger charge is 2.39. The molecule has 5 rings (SSSR count). The summed E-state index contributed by atoms with van der Waals surface area (Å²) in [6.07, 6.45) is 4.88. The molecule has 3 N–H and O–H groups in total. The Bertz CT molecular complexity index is 1270. The first-order valence-electron chi connectivity index (χ1n) is 14.7. The van der Waals surface area contributed by atoms with Gasteiger partial charge in [-0.3, -0.25) is 9.59 Å². The summed E-state index contributed by atoms with van der Waals surface area (Å²) < 4.78 is 29.4. The monoisotopic (exact) mass is 554 g/mol. The molecule has 8 nitrogen and oxygen atoms in total. The largest absolute Gasteiger partial charge is 0.382 e. The first-order valence-corrected chi connectivity index (χ1v) is 14.7. The Morgan fingerprint density at radius 2 is 1.88 bits per heavy atom. The van der Waals surface area contributed by atoms with Crippen LogP contribution in [0.5, 0.6) is 0 Å². The van der Waals surface area contributed by atoms with Crippen molar-refractivity contribution >= 4 is 17.4 Å². The maximum Gasteiger partial charge on any atom is 0.253 e. The fourth-order valence-corrected chi connectivity index (χ4v) is 6.70. The number of rotatable bonds is 10. The molecule has 0 unspecified atom stereocenters. The van der Waals surface area contributed by atoms with E-state index in [9.17, 15) is 9.59 Å². The molecule has 0 atom stereocenters. The molecule has 0 bridgehead atoms. The van der Waals surface area contributed by atoms with Gasteiger partial charge in [0.25, 0.3) is 5.91 Å². The van der Waals surface area contributed by atoms with E-state index in [0.717, 1.165) is 74.4 Å². The lowest BCUT2D eigenvalue weighted by Gasteiger charge is -2.31. The van der Waals surface area contributed by atoms with E-state index in [1.165, 1.54) is 6.07 Å². The Morgan fingerprint density at radius 1 is 1.15 bits per heavy atom. The van der Waals surface area contributed by atoms with E-state index < -0.39 is 11.7 Å². The zero-order valence-electron chi connectivity index (χ0n) is 24.3. The number of likely N-dealkylation sites (N-methyl/N-ethyl adjacent to an activating group) is 1. The molecule has 2 heterocycles. The summed E-state index contributed by atoms with van der Waals surface area (Å²) in [6.45, 7) is 12.9. The third-order valence-electron chi connectivity index (χ3n) is 8.80. The van der Waals surface area contributed by atoms with Gasteiger partial charge in [-0.25, -0.2) is 4.39 Å². The van der Waals surface area contributed by atoms with E-state index in [1.54, 1.807) is 6.07 Å². The molecule has 1 saturated carbocycles. The minimum atomic E-state index is -0.806. The summed E-state index contributed by atoms with van der Waals surface area (Å²) in [5, 5.41) is 3.44. The second kappa shape index (κ2) is 11.6. The number of aromatic nitrogens is 1. The van der Waals surface area contributed by atoms with Crippen molar-refractivity contribution in [1.29, 1.82) is 0 Å². The number of hydrogen-bond donors (Lipinski definition) is 2. The van der Waals surface area contributed by atoms with E-state index in [4.69, 9.17) is 15.2 Å². The molecular weight excluding hydrogens is 511 g/mol. The van der Waals surface area contributed by atoms with Gasteiger partial charge in [-0.15, -0.1) is 0 Å². The van der Waals surface area contributed by atoms with Crippen molar-refractivity contribution < 1.29 is 23.5 Å². The summed E-state index contributed by atoms with van der Waals surface area (Å²) in [5.74, 6) is -1.37. The van der Waals surface area contributed by atoms with Crippen molar-refractivity contribution in [3.63, 3.8) is 0 Å². The van der Waals surface area contributed by atoms with Gasteiger partial charge in [-0.05, 0) is 62.7 Å². The molecule has 218 valence electrons. The minimum Gasteiger partial charge on any atom is -0.382 e. The van der Waals surface area contributed by atoms with Crippen LogP contribution in [0.4, 0.5) is 10.1 Å². The van der Waals surface area contributed by atoms with Crippen LogP contribution >= 0.6 is 0 Å². The molecule has 2 aliphatic carbocycles. The predicted octanol–water partition coefficient (Wildman–Crippen LogP) is 4.98.